The number of primary amides is 1. The van der Waals surface area contributed by atoms with Crippen LogP contribution in [0.4, 0.5) is 4.79 Å². The fourth-order valence-corrected chi connectivity index (χ4v) is 8.45. The average molecular weight is 617 g/mol. The lowest BCUT2D eigenvalue weighted by Crippen LogP contribution is -2.58. The van der Waals surface area contributed by atoms with Crippen LogP contribution in [0.2, 0.25) is 0 Å². The van der Waals surface area contributed by atoms with Gasteiger partial charge in [0, 0.05) is 17.4 Å². The molecule has 0 aromatic heterocycles. The molecule has 232 valence electrons. The van der Waals surface area contributed by atoms with Crippen LogP contribution in [0.15, 0.2) is 96.6 Å². The van der Waals surface area contributed by atoms with E-state index in [2.05, 4.69) is 0 Å². The van der Waals surface area contributed by atoms with Crippen LogP contribution in [-0.4, -0.2) is 46.0 Å². The summed E-state index contributed by atoms with van der Waals surface area (Å²) >= 11 is 0. The van der Waals surface area contributed by atoms with Gasteiger partial charge in [0.05, 0.1) is 23.9 Å². The minimum Gasteiger partial charge on any atom is -0.504 e. The zero-order valence-electron chi connectivity index (χ0n) is 25.1. The summed E-state index contributed by atoms with van der Waals surface area (Å²) in [5, 5.41) is 10.6. The Morgan fingerprint density at radius 1 is 0.957 bits per heavy atom. The van der Waals surface area contributed by atoms with E-state index in [0.29, 0.717) is 21.6 Å². The standard InChI is InChI=1S/C37H32N2O7/c1-2-46-29-17-21(13-16-28(29)40)32-23-14-15-24-31(35(44)39(34(24)43)36(38)45)26(23)18-27-33(42)25(20-9-5-3-6-10-20)19-30(41)37(27,32)22-11-7-4-8-12-22/h3-14,16-17,19,24,26-27,31-32,40H,2,15,18H2,1H3,(H2,38,45). The van der Waals surface area contributed by atoms with Gasteiger partial charge in [-0.25, -0.2) is 4.79 Å². The fourth-order valence-electron chi connectivity index (χ4n) is 8.45. The molecular formula is C37H32N2O7. The van der Waals surface area contributed by atoms with Crippen LogP contribution in [0, 0.1) is 23.7 Å². The minimum atomic E-state index is -1.42. The van der Waals surface area contributed by atoms with Crippen molar-refractivity contribution in [1.82, 2.24) is 4.90 Å². The summed E-state index contributed by atoms with van der Waals surface area (Å²) in [6.45, 7) is 2.07. The van der Waals surface area contributed by atoms with Gasteiger partial charge in [0.1, 0.15) is 0 Å². The lowest BCUT2D eigenvalue weighted by atomic mass is 9.44. The number of Topliss-reactive ketones (excluding diaryl/α,β-unsaturated/α-hetero) is 1. The molecule has 1 aliphatic heterocycles. The molecule has 1 heterocycles. The summed E-state index contributed by atoms with van der Waals surface area (Å²) in [7, 11) is 0. The third-order valence-electron chi connectivity index (χ3n) is 10.2. The Kier molecular flexibility index (Phi) is 6.99. The number of amides is 4. The van der Waals surface area contributed by atoms with E-state index >= 15 is 0 Å². The number of hydrogen-bond acceptors (Lipinski definition) is 7. The van der Waals surface area contributed by atoms with Crippen molar-refractivity contribution in [3.63, 3.8) is 0 Å². The predicted octanol–water partition coefficient (Wildman–Crippen LogP) is 4.69. The van der Waals surface area contributed by atoms with Crippen molar-refractivity contribution in [2.75, 3.05) is 6.61 Å². The third-order valence-corrected chi connectivity index (χ3v) is 10.2. The fraction of sp³-hybridized carbons (Fsp3) is 0.270. The maximum absolute atomic E-state index is 15.0. The van der Waals surface area contributed by atoms with E-state index in [4.69, 9.17) is 10.5 Å². The van der Waals surface area contributed by atoms with Crippen LogP contribution in [-0.2, 0) is 24.6 Å². The van der Waals surface area contributed by atoms with Gasteiger partial charge in [-0.1, -0.05) is 78.4 Å². The van der Waals surface area contributed by atoms with Crippen LogP contribution in [0.1, 0.15) is 42.4 Å². The molecule has 9 heteroatoms. The van der Waals surface area contributed by atoms with Gasteiger partial charge < -0.3 is 15.6 Å². The van der Waals surface area contributed by atoms with Crippen LogP contribution in [0.3, 0.4) is 0 Å². The van der Waals surface area contributed by atoms with Gasteiger partial charge in [0.2, 0.25) is 11.8 Å². The van der Waals surface area contributed by atoms with Crippen LogP contribution < -0.4 is 10.5 Å². The molecule has 9 nitrogen and oxygen atoms in total. The number of carbonyl (C=O) groups is 5. The molecule has 6 unspecified atom stereocenters. The second-order valence-corrected chi connectivity index (χ2v) is 12.3. The van der Waals surface area contributed by atoms with Crippen molar-refractivity contribution in [3.8, 4) is 11.5 Å². The number of phenolic OH excluding ortho intramolecular Hbond substituents is 1. The number of ether oxygens (including phenoxy) is 1. The number of aromatic hydroxyl groups is 1. The summed E-state index contributed by atoms with van der Waals surface area (Å²) in [4.78, 5) is 69.6. The molecule has 46 heavy (non-hydrogen) atoms. The van der Waals surface area contributed by atoms with Crippen molar-refractivity contribution in [3.05, 3.63) is 113 Å². The maximum Gasteiger partial charge on any atom is 0.328 e. The SMILES string of the molecule is CCOc1cc(C2C3=CCC4C(=O)N(C(N)=O)C(=O)C4C3CC3C(=O)C(c4ccccc4)=CC(=O)C32c2ccccc2)ccc1O. The highest BCUT2D eigenvalue weighted by molar-refractivity contribution is 6.31. The molecule has 6 atom stereocenters. The first-order chi connectivity index (χ1) is 22.2. The average Bonchev–Trinajstić information content (AvgIpc) is 3.33. The monoisotopic (exact) mass is 616 g/mol. The Labute approximate surface area is 265 Å². The Balaban J connectivity index is 1.52. The molecule has 4 amide bonds. The first-order valence-corrected chi connectivity index (χ1v) is 15.4. The van der Waals surface area contributed by atoms with Gasteiger partial charge in [0.25, 0.3) is 0 Å². The number of hydrogen-bond donors (Lipinski definition) is 2. The highest BCUT2D eigenvalue weighted by atomic mass is 16.5. The molecule has 0 radical (unpaired) electrons. The van der Waals surface area contributed by atoms with Crippen LogP contribution in [0.5, 0.6) is 11.5 Å². The molecule has 3 aromatic carbocycles. The second kappa shape index (κ2) is 10.9. The molecule has 1 saturated heterocycles. The van der Waals surface area contributed by atoms with Gasteiger partial charge in [-0.15, -0.1) is 0 Å². The number of benzene rings is 3. The normalized spacial score (nSPS) is 28.5. The van der Waals surface area contributed by atoms with Gasteiger partial charge in [0.15, 0.2) is 23.1 Å². The van der Waals surface area contributed by atoms with Gasteiger partial charge in [-0.2, -0.15) is 4.90 Å². The lowest BCUT2D eigenvalue weighted by Gasteiger charge is -2.55. The molecule has 3 aromatic rings. The summed E-state index contributed by atoms with van der Waals surface area (Å²) in [6.07, 6.45) is 3.62. The number of ketones is 2. The Morgan fingerprint density at radius 3 is 2.33 bits per heavy atom. The maximum atomic E-state index is 15.0. The van der Waals surface area contributed by atoms with Crippen LogP contribution >= 0.6 is 0 Å². The number of nitrogens with zero attached hydrogens (tertiary/aromatic N) is 1. The van der Waals surface area contributed by atoms with E-state index in [1.54, 1.807) is 43.3 Å². The molecular weight excluding hydrogens is 584 g/mol. The minimum absolute atomic E-state index is 0.0769. The summed E-state index contributed by atoms with van der Waals surface area (Å²) in [5.74, 6) is -5.75. The largest absolute Gasteiger partial charge is 0.504 e. The van der Waals surface area contributed by atoms with Crippen molar-refractivity contribution >= 4 is 35.0 Å². The Hall–Kier alpha value is -5.31. The quantitative estimate of drug-likeness (QED) is 0.313. The number of likely N-dealkylation sites (tertiary alicyclic amines) is 1. The molecule has 4 aliphatic rings. The highest BCUT2D eigenvalue weighted by Gasteiger charge is 2.66. The van der Waals surface area contributed by atoms with Crippen molar-refractivity contribution in [2.24, 2.45) is 29.4 Å². The van der Waals surface area contributed by atoms with Crippen molar-refractivity contribution in [1.29, 1.82) is 0 Å². The lowest BCUT2D eigenvalue weighted by molar-refractivity contribution is -0.137. The number of carbonyl (C=O) groups excluding carboxylic acids is 5. The van der Waals surface area contributed by atoms with E-state index in [-0.39, 0.29) is 48.1 Å². The summed E-state index contributed by atoms with van der Waals surface area (Å²) in [5.41, 5.74) is 6.97. The third kappa shape index (κ3) is 4.11. The first kappa shape index (κ1) is 29.4. The number of imide groups is 3. The van der Waals surface area contributed by atoms with E-state index < -0.39 is 52.8 Å². The van der Waals surface area contributed by atoms with E-state index in [0.717, 1.165) is 5.57 Å². The molecule has 2 fully saturated rings. The van der Waals surface area contributed by atoms with E-state index in [1.807, 2.05) is 42.5 Å². The van der Waals surface area contributed by atoms with E-state index in [1.165, 1.54) is 12.1 Å². The predicted molar refractivity (Wildman–Crippen MR) is 167 cm³/mol. The van der Waals surface area contributed by atoms with Crippen molar-refractivity contribution < 1.29 is 33.8 Å². The topological polar surface area (TPSA) is 144 Å². The molecule has 3 N–H and O–H groups in total. The van der Waals surface area contributed by atoms with Gasteiger partial charge >= 0.3 is 6.03 Å². The number of allylic oxidation sites excluding steroid dienone is 4. The second-order valence-electron chi connectivity index (χ2n) is 12.3. The number of phenols is 1. The summed E-state index contributed by atoms with van der Waals surface area (Å²) in [6, 6.07) is 22.0. The molecule has 0 bridgehead atoms. The van der Waals surface area contributed by atoms with Gasteiger partial charge in [-0.3, -0.25) is 19.2 Å². The molecule has 0 spiro atoms. The number of urea groups is 1. The van der Waals surface area contributed by atoms with Gasteiger partial charge in [-0.05, 0) is 60.6 Å². The number of rotatable bonds is 5. The summed E-state index contributed by atoms with van der Waals surface area (Å²) < 4.78 is 5.75. The Bertz CT molecular complexity index is 1860. The number of nitrogens with two attached hydrogens (primary N) is 1. The van der Waals surface area contributed by atoms with Crippen LogP contribution in [0.25, 0.3) is 5.57 Å². The smallest absolute Gasteiger partial charge is 0.328 e. The zero-order chi connectivity index (χ0) is 32.3. The zero-order valence-corrected chi connectivity index (χ0v) is 25.1. The van der Waals surface area contributed by atoms with Crippen molar-refractivity contribution in [2.45, 2.75) is 31.1 Å². The highest BCUT2D eigenvalue weighted by Crippen LogP contribution is 2.63. The number of fused-ring (bicyclic) bond motifs is 4. The van der Waals surface area contributed by atoms with E-state index in [9.17, 15) is 29.1 Å². The molecule has 3 aliphatic carbocycles. The molecule has 7 rings (SSSR count). The molecule has 1 saturated carbocycles. The Morgan fingerprint density at radius 2 is 1.65 bits per heavy atom. The first-order valence-electron chi connectivity index (χ1n) is 15.4.